The van der Waals surface area contributed by atoms with Crippen LogP contribution < -0.4 is 15.2 Å². The maximum Gasteiger partial charge on any atom is 0.238 e. The number of benzene rings is 2. The number of primary sulfonamides is 1. The second-order valence-electron chi connectivity index (χ2n) is 5.38. The molecule has 0 unspecified atom stereocenters. The first-order valence-electron chi connectivity index (χ1n) is 7.08. The van der Waals surface area contributed by atoms with Crippen molar-refractivity contribution in [3.8, 4) is 5.75 Å². The number of nitrogens with two attached hydrogens (primary N) is 1. The van der Waals surface area contributed by atoms with E-state index in [1.165, 1.54) is 24.3 Å². The lowest BCUT2D eigenvalue weighted by Crippen LogP contribution is -2.32. The molecule has 3 rings (SSSR count). The van der Waals surface area contributed by atoms with E-state index in [1.807, 2.05) is 24.3 Å². The summed E-state index contributed by atoms with van der Waals surface area (Å²) in [5.74, 6) is 0.361. The molecule has 1 heterocycles. The number of para-hydroxylation sites is 1. The number of rotatable bonds is 3. The minimum Gasteiger partial charge on any atom is -0.492 e. The summed E-state index contributed by atoms with van der Waals surface area (Å²) in [6, 6.07) is 13.4. The summed E-state index contributed by atoms with van der Waals surface area (Å²) in [6.45, 7) is 0.318. The van der Waals surface area contributed by atoms with Crippen LogP contribution in [0.5, 0.6) is 5.75 Å². The topological polar surface area (TPSA) is 98.5 Å². The SMILES string of the molecule is NS(=O)(=O)c1ccc(NC(=O)[C@@H]2COc3ccccc3C2)cc1. The highest BCUT2D eigenvalue weighted by Gasteiger charge is 2.25. The molecule has 0 aliphatic carbocycles. The minimum absolute atomic E-state index is 0.00502. The molecule has 7 heteroatoms. The fraction of sp³-hybridized carbons (Fsp3) is 0.188. The average molecular weight is 332 g/mol. The zero-order valence-electron chi connectivity index (χ0n) is 12.2. The van der Waals surface area contributed by atoms with Gasteiger partial charge in [0.25, 0.3) is 0 Å². The molecule has 3 N–H and O–H groups in total. The van der Waals surface area contributed by atoms with Crippen LogP contribution >= 0.6 is 0 Å². The molecule has 0 radical (unpaired) electrons. The Kier molecular flexibility index (Phi) is 4.06. The Balaban J connectivity index is 1.68. The van der Waals surface area contributed by atoms with E-state index < -0.39 is 10.0 Å². The zero-order chi connectivity index (χ0) is 16.4. The van der Waals surface area contributed by atoms with Crippen LogP contribution in [0, 0.1) is 5.92 Å². The monoisotopic (exact) mass is 332 g/mol. The van der Waals surface area contributed by atoms with Crippen molar-refractivity contribution in [1.29, 1.82) is 0 Å². The Hall–Kier alpha value is -2.38. The minimum atomic E-state index is -3.73. The van der Waals surface area contributed by atoms with Crippen LogP contribution in [0.15, 0.2) is 53.4 Å². The van der Waals surface area contributed by atoms with Gasteiger partial charge in [-0.05, 0) is 42.3 Å². The number of ether oxygens (including phenoxy) is 1. The molecular formula is C16H16N2O4S. The van der Waals surface area contributed by atoms with Gasteiger partial charge in [-0.15, -0.1) is 0 Å². The summed E-state index contributed by atoms with van der Waals surface area (Å²) in [7, 11) is -3.73. The molecular weight excluding hydrogens is 316 g/mol. The van der Waals surface area contributed by atoms with Crippen LogP contribution in [0.1, 0.15) is 5.56 Å². The summed E-state index contributed by atoms with van der Waals surface area (Å²) in [4.78, 5) is 12.3. The molecule has 0 saturated heterocycles. The van der Waals surface area contributed by atoms with E-state index in [2.05, 4.69) is 5.32 Å². The van der Waals surface area contributed by atoms with Crippen molar-refractivity contribution in [2.75, 3.05) is 11.9 Å². The van der Waals surface area contributed by atoms with Gasteiger partial charge in [-0.3, -0.25) is 4.79 Å². The number of hydrogen-bond acceptors (Lipinski definition) is 4. The van der Waals surface area contributed by atoms with E-state index >= 15 is 0 Å². The van der Waals surface area contributed by atoms with Gasteiger partial charge >= 0.3 is 0 Å². The number of hydrogen-bond donors (Lipinski definition) is 2. The van der Waals surface area contributed by atoms with Crippen molar-refractivity contribution in [3.63, 3.8) is 0 Å². The lowest BCUT2D eigenvalue weighted by Gasteiger charge is -2.24. The second kappa shape index (κ2) is 6.02. The highest BCUT2D eigenvalue weighted by molar-refractivity contribution is 7.89. The average Bonchev–Trinajstić information content (AvgIpc) is 2.54. The normalized spacial score (nSPS) is 17.0. The smallest absolute Gasteiger partial charge is 0.238 e. The van der Waals surface area contributed by atoms with E-state index in [-0.39, 0.29) is 16.7 Å². The maximum absolute atomic E-state index is 12.3. The number of nitrogens with one attached hydrogen (secondary N) is 1. The van der Waals surface area contributed by atoms with Crippen LogP contribution in [0.3, 0.4) is 0 Å². The predicted molar refractivity (Wildman–Crippen MR) is 85.6 cm³/mol. The first-order chi connectivity index (χ1) is 10.9. The van der Waals surface area contributed by atoms with Gasteiger partial charge < -0.3 is 10.1 Å². The van der Waals surface area contributed by atoms with E-state index in [1.54, 1.807) is 0 Å². The van der Waals surface area contributed by atoms with Gasteiger partial charge in [0.2, 0.25) is 15.9 Å². The van der Waals surface area contributed by atoms with E-state index in [9.17, 15) is 13.2 Å². The predicted octanol–water partition coefficient (Wildman–Crippen LogP) is 1.52. The molecule has 0 fully saturated rings. The van der Waals surface area contributed by atoms with Crippen molar-refractivity contribution < 1.29 is 17.9 Å². The van der Waals surface area contributed by atoms with Gasteiger partial charge in [-0.2, -0.15) is 0 Å². The van der Waals surface area contributed by atoms with Crippen molar-refractivity contribution >= 4 is 21.6 Å². The first-order valence-corrected chi connectivity index (χ1v) is 8.62. The number of amides is 1. The second-order valence-corrected chi connectivity index (χ2v) is 6.94. The van der Waals surface area contributed by atoms with Gasteiger partial charge in [0.15, 0.2) is 0 Å². The van der Waals surface area contributed by atoms with E-state index in [4.69, 9.17) is 9.88 Å². The molecule has 1 aliphatic rings. The molecule has 1 amide bonds. The number of anilines is 1. The molecule has 1 atom stereocenters. The zero-order valence-corrected chi connectivity index (χ0v) is 13.0. The Morgan fingerprint density at radius 3 is 2.52 bits per heavy atom. The summed E-state index contributed by atoms with van der Waals surface area (Å²) < 4.78 is 28.0. The lowest BCUT2D eigenvalue weighted by molar-refractivity contribution is -0.121. The lowest BCUT2D eigenvalue weighted by atomic mass is 9.96. The number of sulfonamides is 1. The highest BCUT2D eigenvalue weighted by Crippen LogP contribution is 2.27. The largest absolute Gasteiger partial charge is 0.492 e. The number of carbonyl (C=O) groups is 1. The third-order valence-electron chi connectivity index (χ3n) is 3.70. The van der Waals surface area contributed by atoms with Gasteiger partial charge in [0, 0.05) is 5.69 Å². The highest BCUT2D eigenvalue weighted by atomic mass is 32.2. The van der Waals surface area contributed by atoms with Crippen LogP contribution in [0.25, 0.3) is 0 Å². The fourth-order valence-corrected chi connectivity index (χ4v) is 2.98. The summed E-state index contributed by atoms with van der Waals surface area (Å²) in [6.07, 6.45) is 0.608. The van der Waals surface area contributed by atoms with Crippen LogP contribution in [0.4, 0.5) is 5.69 Å². The Morgan fingerprint density at radius 2 is 1.83 bits per heavy atom. The Bertz CT molecular complexity index is 831. The van der Waals surface area contributed by atoms with Gasteiger partial charge in [-0.1, -0.05) is 18.2 Å². The van der Waals surface area contributed by atoms with Crippen LogP contribution in [0.2, 0.25) is 0 Å². The Morgan fingerprint density at radius 1 is 1.13 bits per heavy atom. The number of fused-ring (bicyclic) bond motifs is 1. The molecule has 23 heavy (non-hydrogen) atoms. The molecule has 2 aromatic rings. The molecule has 6 nitrogen and oxygen atoms in total. The van der Waals surface area contributed by atoms with Crippen molar-refractivity contribution in [1.82, 2.24) is 0 Å². The summed E-state index contributed by atoms with van der Waals surface area (Å²) in [5, 5.41) is 7.81. The van der Waals surface area contributed by atoms with E-state index in [0.717, 1.165) is 11.3 Å². The van der Waals surface area contributed by atoms with Crippen molar-refractivity contribution in [3.05, 3.63) is 54.1 Å². The third kappa shape index (κ3) is 3.52. The van der Waals surface area contributed by atoms with Crippen molar-refractivity contribution in [2.45, 2.75) is 11.3 Å². The van der Waals surface area contributed by atoms with Gasteiger partial charge in [0.1, 0.15) is 12.4 Å². The molecule has 120 valence electrons. The number of carbonyl (C=O) groups excluding carboxylic acids is 1. The van der Waals surface area contributed by atoms with Gasteiger partial charge in [-0.25, -0.2) is 13.6 Å². The first kappa shape index (κ1) is 15.5. The molecule has 1 aliphatic heterocycles. The standard InChI is InChI=1S/C16H16N2O4S/c17-23(20,21)14-7-5-13(6-8-14)18-16(19)12-9-11-3-1-2-4-15(11)22-10-12/h1-8,12H,9-10H2,(H,18,19)(H2,17,20,21)/t12-/m0/s1. The van der Waals surface area contributed by atoms with Gasteiger partial charge in [0.05, 0.1) is 10.8 Å². The third-order valence-corrected chi connectivity index (χ3v) is 4.63. The quantitative estimate of drug-likeness (QED) is 0.890. The van der Waals surface area contributed by atoms with Crippen molar-refractivity contribution in [2.24, 2.45) is 11.1 Å². The molecule has 0 spiro atoms. The molecule has 0 bridgehead atoms. The summed E-state index contributed by atoms with van der Waals surface area (Å²) >= 11 is 0. The summed E-state index contributed by atoms with van der Waals surface area (Å²) in [5.41, 5.74) is 1.52. The molecule has 0 aromatic heterocycles. The molecule has 0 saturated carbocycles. The fourth-order valence-electron chi connectivity index (χ4n) is 2.47. The van der Waals surface area contributed by atoms with Crippen LogP contribution in [-0.2, 0) is 21.2 Å². The Labute approximate surface area is 134 Å². The van der Waals surface area contributed by atoms with Crippen LogP contribution in [-0.4, -0.2) is 20.9 Å². The maximum atomic E-state index is 12.3. The van der Waals surface area contributed by atoms with E-state index in [0.29, 0.717) is 18.7 Å². The molecule has 2 aromatic carbocycles.